The molecule has 0 unspecified atom stereocenters. The van der Waals surface area contributed by atoms with E-state index in [0.717, 1.165) is 38.1 Å². The van der Waals surface area contributed by atoms with E-state index in [2.05, 4.69) is 6.92 Å². The second kappa shape index (κ2) is 7.30. The second-order valence-electron chi connectivity index (χ2n) is 7.22. The molecule has 6 nitrogen and oxygen atoms in total. The van der Waals surface area contributed by atoms with E-state index in [1.165, 1.54) is 37.8 Å². The molecule has 24 heavy (non-hydrogen) atoms. The van der Waals surface area contributed by atoms with E-state index < -0.39 is 4.92 Å². The third kappa shape index (κ3) is 3.75. The maximum Gasteiger partial charge on any atom is 0.269 e. The Labute approximate surface area is 142 Å². The Morgan fingerprint density at radius 1 is 1.21 bits per heavy atom. The fourth-order valence-corrected chi connectivity index (χ4v) is 4.12. The third-order valence-electron chi connectivity index (χ3n) is 5.53. The van der Waals surface area contributed by atoms with Crippen molar-refractivity contribution >= 4 is 11.6 Å². The smallest absolute Gasteiger partial charge is 0.269 e. The van der Waals surface area contributed by atoms with E-state index in [1.54, 1.807) is 17.0 Å². The number of hydrogen-bond acceptors (Lipinski definition) is 3. The monoisotopic (exact) mass is 332 g/mol. The van der Waals surface area contributed by atoms with Crippen molar-refractivity contribution < 1.29 is 14.6 Å². The van der Waals surface area contributed by atoms with Crippen LogP contribution in [0.3, 0.4) is 0 Å². The summed E-state index contributed by atoms with van der Waals surface area (Å²) in [6.07, 6.45) is 5.32. The molecule has 130 valence electrons. The molecule has 6 heteroatoms. The molecular weight excluding hydrogens is 306 g/mol. The summed E-state index contributed by atoms with van der Waals surface area (Å²) in [4.78, 5) is 26.4. The minimum Gasteiger partial charge on any atom is -0.330 e. The quantitative estimate of drug-likeness (QED) is 0.674. The van der Waals surface area contributed by atoms with Crippen molar-refractivity contribution in [2.75, 3.05) is 26.2 Å². The molecule has 3 rings (SSSR count). The number of rotatable bonds is 3. The van der Waals surface area contributed by atoms with E-state index in [0.29, 0.717) is 5.56 Å². The Hall–Kier alpha value is -1.95. The Bertz CT molecular complexity index is 594. The van der Waals surface area contributed by atoms with Crippen molar-refractivity contribution in [3.05, 3.63) is 39.9 Å². The minimum absolute atomic E-state index is 0.0130. The average molecular weight is 332 g/mol. The van der Waals surface area contributed by atoms with Gasteiger partial charge in [0.2, 0.25) is 0 Å². The van der Waals surface area contributed by atoms with Gasteiger partial charge in [-0.15, -0.1) is 0 Å². The number of hydrogen-bond donors (Lipinski definition) is 1. The van der Waals surface area contributed by atoms with Gasteiger partial charge in [0.05, 0.1) is 37.1 Å². The first-order chi connectivity index (χ1) is 11.5. The fraction of sp³-hybridized carbons (Fsp3) is 0.611. The molecule has 2 atom stereocenters. The third-order valence-corrected chi connectivity index (χ3v) is 5.53. The zero-order valence-electron chi connectivity index (χ0n) is 14.2. The summed E-state index contributed by atoms with van der Waals surface area (Å²) in [5.74, 6) is 0.817. The first-order valence-corrected chi connectivity index (χ1v) is 8.93. The maximum absolute atomic E-state index is 12.6. The zero-order chi connectivity index (χ0) is 17.1. The minimum atomic E-state index is -0.443. The molecule has 2 aliphatic rings. The lowest BCUT2D eigenvalue weighted by molar-refractivity contribution is -0.930. The number of carbonyl (C=O) groups excluding carboxylic acids is 1. The topological polar surface area (TPSA) is 67.9 Å². The van der Waals surface area contributed by atoms with Gasteiger partial charge in [-0.05, 0) is 30.9 Å². The highest BCUT2D eigenvalue weighted by atomic mass is 16.6. The lowest BCUT2D eigenvalue weighted by Crippen LogP contribution is -3.18. The summed E-state index contributed by atoms with van der Waals surface area (Å²) in [6, 6.07) is 6.67. The zero-order valence-corrected chi connectivity index (χ0v) is 14.2. The largest absolute Gasteiger partial charge is 0.330 e. The number of non-ortho nitro benzene ring substituents is 1. The molecule has 1 saturated carbocycles. The van der Waals surface area contributed by atoms with Gasteiger partial charge < -0.3 is 9.80 Å². The predicted molar refractivity (Wildman–Crippen MR) is 91.1 cm³/mol. The van der Waals surface area contributed by atoms with Gasteiger partial charge in [0.1, 0.15) is 0 Å². The normalized spacial score (nSPS) is 25.5. The summed E-state index contributed by atoms with van der Waals surface area (Å²) >= 11 is 0. The number of nitrogens with zero attached hydrogens (tertiary/aromatic N) is 2. The first-order valence-electron chi connectivity index (χ1n) is 8.93. The summed E-state index contributed by atoms with van der Waals surface area (Å²) < 4.78 is 0. The van der Waals surface area contributed by atoms with Crippen molar-refractivity contribution in [1.82, 2.24) is 4.90 Å². The van der Waals surface area contributed by atoms with Gasteiger partial charge >= 0.3 is 0 Å². The number of nitro benzene ring substituents is 1. The standard InChI is InChI=1S/C18H25N3O3/c1-14-3-2-4-17(13-14)19-9-11-20(12-10-19)18(22)15-5-7-16(8-6-15)21(23)24/h5-8,14,17H,2-4,9-13H2,1H3/p+1/t14-,17-/m1/s1. The van der Waals surface area contributed by atoms with E-state index >= 15 is 0 Å². The SMILES string of the molecule is C[C@@H]1CCC[C@@H]([NH+]2CCN(C(=O)c3ccc([N+](=O)[O-])cc3)CC2)C1. The number of quaternary nitrogens is 1. The molecular formula is C18H26N3O3+. The van der Waals surface area contributed by atoms with Crippen molar-refractivity contribution in [2.24, 2.45) is 5.92 Å². The van der Waals surface area contributed by atoms with Gasteiger partial charge in [-0.25, -0.2) is 0 Å². The van der Waals surface area contributed by atoms with Crippen LogP contribution >= 0.6 is 0 Å². The molecule has 2 fully saturated rings. The summed E-state index contributed by atoms with van der Waals surface area (Å²) in [6.45, 7) is 5.91. The highest BCUT2D eigenvalue weighted by Crippen LogP contribution is 2.22. The summed E-state index contributed by atoms with van der Waals surface area (Å²) in [5, 5.41) is 10.7. The molecule has 1 heterocycles. The van der Waals surface area contributed by atoms with Crippen molar-refractivity contribution in [3.63, 3.8) is 0 Å². The second-order valence-corrected chi connectivity index (χ2v) is 7.22. The molecule has 1 aliphatic carbocycles. The highest BCUT2D eigenvalue weighted by molar-refractivity contribution is 5.94. The molecule has 0 radical (unpaired) electrons. The summed E-state index contributed by atoms with van der Waals surface area (Å²) in [7, 11) is 0. The molecule has 1 amide bonds. The lowest BCUT2D eigenvalue weighted by atomic mass is 9.86. The van der Waals surface area contributed by atoms with Crippen LogP contribution in [0.1, 0.15) is 43.0 Å². The van der Waals surface area contributed by atoms with Gasteiger partial charge in [0.15, 0.2) is 0 Å². The van der Waals surface area contributed by atoms with Crippen LogP contribution in [-0.2, 0) is 0 Å². The number of piperazine rings is 1. The van der Waals surface area contributed by atoms with Gasteiger partial charge in [-0.2, -0.15) is 0 Å². The highest BCUT2D eigenvalue weighted by Gasteiger charge is 2.32. The van der Waals surface area contributed by atoms with E-state index in [9.17, 15) is 14.9 Å². The first kappa shape index (κ1) is 16.9. The molecule has 1 N–H and O–H groups in total. The average Bonchev–Trinajstić information content (AvgIpc) is 2.61. The van der Waals surface area contributed by atoms with Crippen LogP contribution in [0.4, 0.5) is 5.69 Å². The van der Waals surface area contributed by atoms with Crippen LogP contribution in [0.15, 0.2) is 24.3 Å². The number of benzene rings is 1. The number of carbonyl (C=O) groups is 1. The Balaban J connectivity index is 1.55. The van der Waals surface area contributed by atoms with Gasteiger partial charge in [-0.3, -0.25) is 14.9 Å². The molecule has 0 bridgehead atoms. The Morgan fingerprint density at radius 2 is 1.88 bits per heavy atom. The van der Waals surface area contributed by atoms with Crippen molar-refractivity contribution in [2.45, 2.75) is 38.6 Å². The van der Waals surface area contributed by atoms with Crippen LogP contribution in [0.5, 0.6) is 0 Å². The van der Waals surface area contributed by atoms with Crippen LogP contribution in [0, 0.1) is 16.0 Å². The van der Waals surface area contributed by atoms with Crippen LogP contribution in [0.25, 0.3) is 0 Å². The Morgan fingerprint density at radius 3 is 2.46 bits per heavy atom. The Kier molecular flexibility index (Phi) is 5.14. The molecule has 1 aromatic rings. The molecule has 0 aromatic heterocycles. The molecule has 0 spiro atoms. The van der Waals surface area contributed by atoms with E-state index in [1.807, 2.05) is 4.90 Å². The summed E-state index contributed by atoms with van der Waals surface area (Å²) in [5.41, 5.74) is 0.558. The number of amides is 1. The van der Waals surface area contributed by atoms with Crippen LogP contribution in [-0.4, -0.2) is 48.0 Å². The maximum atomic E-state index is 12.6. The van der Waals surface area contributed by atoms with Gasteiger partial charge in [0.25, 0.3) is 11.6 Å². The van der Waals surface area contributed by atoms with Crippen molar-refractivity contribution in [1.29, 1.82) is 0 Å². The molecule has 1 aliphatic heterocycles. The molecule has 1 saturated heterocycles. The van der Waals surface area contributed by atoms with E-state index in [-0.39, 0.29) is 11.6 Å². The molecule has 1 aromatic carbocycles. The van der Waals surface area contributed by atoms with Gasteiger partial charge in [-0.1, -0.05) is 13.3 Å². The number of nitro groups is 1. The lowest BCUT2D eigenvalue weighted by Gasteiger charge is -2.39. The van der Waals surface area contributed by atoms with Crippen LogP contribution < -0.4 is 4.90 Å². The number of nitrogens with one attached hydrogen (secondary N) is 1. The van der Waals surface area contributed by atoms with Crippen LogP contribution in [0.2, 0.25) is 0 Å². The fourth-order valence-electron chi connectivity index (χ4n) is 4.12. The van der Waals surface area contributed by atoms with Gasteiger partial charge in [0, 0.05) is 24.1 Å². The van der Waals surface area contributed by atoms with Crippen molar-refractivity contribution in [3.8, 4) is 0 Å². The predicted octanol–water partition coefficient (Wildman–Crippen LogP) is 1.51. The van der Waals surface area contributed by atoms with E-state index in [4.69, 9.17) is 0 Å².